The average molecular weight is 425 g/mol. The van der Waals surface area contributed by atoms with Gasteiger partial charge in [-0.2, -0.15) is 0 Å². The molecule has 0 saturated carbocycles. The molecule has 5 nitrogen and oxygen atoms in total. The summed E-state index contributed by atoms with van der Waals surface area (Å²) < 4.78 is 34.9. The molecule has 2 atom stereocenters. The highest BCUT2D eigenvalue weighted by Crippen LogP contribution is 2.20. The fraction of sp³-hybridized carbons (Fsp3) is 0.250. The quantitative estimate of drug-likeness (QED) is 0.519. The van der Waals surface area contributed by atoms with Crippen LogP contribution in [0, 0.1) is 6.92 Å². The van der Waals surface area contributed by atoms with Crippen molar-refractivity contribution in [2.75, 3.05) is 13.7 Å². The molecule has 0 radical (unpaired) electrons. The summed E-state index contributed by atoms with van der Waals surface area (Å²) in [4.78, 5) is 0.240. The summed E-state index contributed by atoms with van der Waals surface area (Å²) in [6.07, 6.45) is 0. The van der Waals surface area contributed by atoms with E-state index in [0.717, 1.165) is 16.7 Å². The van der Waals surface area contributed by atoms with E-state index in [1.54, 1.807) is 24.3 Å². The predicted molar refractivity (Wildman–Crippen MR) is 120 cm³/mol. The fourth-order valence-corrected chi connectivity index (χ4v) is 4.55. The van der Waals surface area contributed by atoms with Crippen LogP contribution in [0.15, 0.2) is 89.8 Å². The molecule has 0 bridgehead atoms. The van der Waals surface area contributed by atoms with Gasteiger partial charge in [-0.3, -0.25) is 0 Å². The van der Waals surface area contributed by atoms with Gasteiger partial charge < -0.3 is 10.1 Å². The third-order valence-corrected chi connectivity index (χ3v) is 6.42. The molecule has 0 aliphatic rings. The van der Waals surface area contributed by atoms with Crippen LogP contribution in [0.5, 0.6) is 0 Å². The Morgan fingerprint density at radius 1 is 0.867 bits per heavy atom. The Hall–Kier alpha value is -2.51. The average Bonchev–Trinajstić information content (AvgIpc) is 2.76. The number of hydrogen-bond donors (Lipinski definition) is 2. The summed E-state index contributed by atoms with van der Waals surface area (Å²) in [5, 5.41) is 3.24. The van der Waals surface area contributed by atoms with Crippen molar-refractivity contribution in [2.24, 2.45) is 0 Å². The molecule has 30 heavy (non-hydrogen) atoms. The van der Waals surface area contributed by atoms with Crippen molar-refractivity contribution in [3.8, 4) is 0 Å². The Morgan fingerprint density at radius 3 is 2.07 bits per heavy atom. The first kappa shape index (κ1) is 22.2. The van der Waals surface area contributed by atoms with Crippen molar-refractivity contribution in [1.82, 2.24) is 10.0 Å². The van der Waals surface area contributed by atoms with E-state index in [4.69, 9.17) is 4.74 Å². The van der Waals surface area contributed by atoms with Crippen molar-refractivity contribution in [3.63, 3.8) is 0 Å². The second kappa shape index (κ2) is 10.5. The van der Waals surface area contributed by atoms with Crippen LogP contribution in [0.3, 0.4) is 0 Å². The Balaban J connectivity index is 1.81. The highest BCUT2D eigenvalue weighted by molar-refractivity contribution is 7.89. The first-order chi connectivity index (χ1) is 14.5. The summed E-state index contributed by atoms with van der Waals surface area (Å²) in [5.74, 6) is 0. The smallest absolute Gasteiger partial charge is 0.240 e. The topological polar surface area (TPSA) is 67.4 Å². The molecule has 3 rings (SSSR count). The monoisotopic (exact) mass is 424 g/mol. The SMILES string of the molecule is CN[C@@H](c1ccccc1)[C@@H](COCc1ccccc1)NS(=O)(=O)c1ccc(C)cc1. The van der Waals surface area contributed by atoms with Crippen LogP contribution in [0.25, 0.3) is 0 Å². The number of likely N-dealkylation sites (N-methyl/N-ethyl adjacent to an activating group) is 1. The molecule has 6 heteroatoms. The van der Waals surface area contributed by atoms with E-state index in [2.05, 4.69) is 10.0 Å². The lowest BCUT2D eigenvalue weighted by atomic mass is 10.0. The largest absolute Gasteiger partial charge is 0.375 e. The molecule has 0 aliphatic heterocycles. The van der Waals surface area contributed by atoms with Crippen LogP contribution in [0.4, 0.5) is 0 Å². The van der Waals surface area contributed by atoms with Gasteiger partial charge in [-0.1, -0.05) is 78.4 Å². The molecule has 158 valence electrons. The van der Waals surface area contributed by atoms with Gasteiger partial charge in [0.2, 0.25) is 10.0 Å². The lowest BCUT2D eigenvalue weighted by molar-refractivity contribution is 0.0944. The third kappa shape index (κ3) is 6.00. The molecule has 2 N–H and O–H groups in total. The molecule has 0 saturated heterocycles. The molecule has 0 aromatic heterocycles. The van der Waals surface area contributed by atoms with Gasteiger partial charge in [0, 0.05) is 0 Å². The van der Waals surface area contributed by atoms with Crippen LogP contribution in [0.1, 0.15) is 22.7 Å². The Morgan fingerprint density at radius 2 is 1.47 bits per heavy atom. The van der Waals surface area contributed by atoms with E-state index < -0.39 is 16.1 Å². The van der Waals surface area contributed by atoms with Gasteiger partial charge in [0.25, 0.3) is 0 Å². The highest BCUT2D eigenvalue weighted by atomic mass is 32.2. The van der Waals surface area contributed by atoms with E-state index in [9.17, 15) is 8.42 Å². The van der Waals surface area contributed by atoms with E-state index in [0.29, 0.717) is 6.61 Å². The summed E-state index contributed by atoms with van der Waals surface area (Å²) in [6.45, 7) is 2.56. The van der Waals surface area contributed by atoms with E-state index in [1.165, 1.54) is 0 Å². The molecule has 0 spiro atoms. The number of sulfonamides is 1. The highest BCUT2D eigenvalue weighted by Gasteiger charge is 2.27. The standard InChI is InChI=1S/C24H28N2O3S/c1-19-13-15-22(16-14-19)30(27,28)26-23(18-29-17-20-9-5-3-6-10-20)24(25-2)21-11-7-4-8-12-21/h3-16,23-26H,17-18H2,1-2H3/t23-,24+/m1/s1. The second-order valence-electron chi connectivity index (χ2n) is 7.22. The Bertz CT molecular complexity index is 1010. The van der Waals surface area contributed by atoms with Crippen molar-refractivity contribution in [2.45, 2.75) is 30.5 Å². The molecule has 3 aromatic rings. The van der Waals surface area contributed by atoms with Crippen molar-refractivity contribution >= 4 is 10.0 Å². The minimum atomic E-state index is -3.70. The predicted octanol–water partition coefficient (Wildman–Crippen LogP) is 3.82. The number of benzene rings is 3. The summed E-state index contributed by atoms with van der Waals surface area (Å²) in [6, 6.07) is 25.7. The zero-order chi connectivity index (χ0) is 21.4. The zero-order valence-corrected chi connectivity index (χ0v) is 18.1. The van der Waals surface area contributed by atoms with Crippen molar-refractivity contribution < 1.29 is 13.2 Å². The van der Waals surface area contributed by atoms with Gasteiger partial charge in [0.15, 0.2) is 0 Å². The first-order valence-electron chi connectivity index (χ1n) is 9.92. The lowest BCUT2D eigenvalue weighted by Gasteiger charge is -2.28. The Labute approximate surface area is 179 Å². The minimum absolute atomic E-state index is 0.223. The van der Waals surface area contributed by atoms with E-state index in [-0.39, 0.29) is 17.5 Å². The maximum absolute atomic E-state index is 13.0. The number of rotatable bonds is 10. The van der Waals surface area contributed by atoms with Gasteiger partial charge in [0.05, 0.1) is 30.2 Å². The molecule has 0 fully saturated rings. The van der Waals surface area contributed by atoms with Crippen LogP contribution < -0.4 is 10.0 Å². The molecule has 0 unspecified atom stereocenters. The van der Waals surface area contributed by atoms with Crippen molar-refractivity contribution in [1.29, 1.82) is 0 Å². The number of nitrogens with one attached hydrogen (secondary N) is 2. The normalized spacial score (nSPS) is 13.7. The van der Waals surface area contributed by atoms with Crippen LogP contribution in [0.2, 0.25) is 0 Å². The lowest BCUT2D eigenvalue weighted by Crippen LogP contribution is -2.46. The van der Waals surface area contributed by atoms with Crippen LogP contribution in [-0.4, -0.2) is 28.1 Å². The Kier molecular flexibility index (Phi) is 7.76. The van der Waals surface area contributed by atoms with Crippen LogP contribution >= 0.6 is 0 Å². The molecular formula is C24H28N2O3S. The molecular weight excluding hydrogens is 396 g/mol. The van der Waals surface area contributed by atoms with E-state index in [1.807, 2.05) is 74.6 Å². The molecule has 0 aliphatic carbocycles. The zero-order valence-electron chi connectivity index (χ0n) is 17.3. The van der Waals surface area contributed by atoms with Crippen LogP contribution in [-0.2, 0) is 21.4 Å². The number of aryl methyl sites for hydroxylation is 1. The van der Waals surface area contributed by atoms with Crippen molar-refractivity contribution in [3.05, 3.63) is 102 Å². The minimum Gasteiger partial charge on any atom is -0.375 e. The van der Waals surface area contributed by atoms with E-state index >= 15 is 0 Å². The molecule has 3 aromatic carbocycles. The number of hydrogen-bond acceptors (Lipinski definition) is 4. The second-order valence-corrected chi connectivity index (χ2v) is 8.93. The maximum atomic E-state index is 13.0. The fourth-order valence-electron chi connectivity index (χ4n) is 3.32. The summed E-state index contributed by atoms with van der Waals surface area (Å²) in [7, 11) is -1.88. The summed E-state index contributed by atoms with van der Waals surface area (Å²) >= 11 is 0. The van der Waals surface area contributed by atoms with Gasteiger partial charge in [-0.25, -0.2) is 13.1 Å². The number of ether oxygens (including phenoxy) is 1. The first-order valence-corrected chi connectivity index (χ1v) is 11.4. The van der Waals surface area contributed by atoms with Gasteiger partial charge in [0.1, 0.15) is 0 Å². The van der Waals surface area contributed by atoms with Gasteiger partial charge >= 0.3 is 0 Å². The van der Waals surface area contributed by atoms with Gasteiger partial charge in [-0.15, -0.1) is 0 Å². The summed E-state index contributed by atoms with van der Waals surface area (Å²) in [5.41, 5.74) is 3.03. The third-order valence-electron chi connectivity index (χ3n) is 4.92. The maximum Gasteiger partial charge on any atom is 0.240 e. The molecule has 0 amide bonds. The molecule has 0 heterocycles. The van der Waals surface area contributed by atoms with Gasteiger partial charge in [-0.05, 0) is 37.2 Å².